The summed E-state index contributed by atoms with van der Waals surface area (Å²) in [6.45, 7) is 4.76. The Balaban J connectivity index is 1.38. The quantitative estimate of drug-likeness (QED) is 0.258. The van der Waals surface area contributed by atoms with Crippen molar-refractivity contribution in [1.29, 1.82) is 0 Å². The van der Waals surface area contributed by atoms with Crippen LogP contribution < -0.4 is 20.1 Å². The third kappa shape index (κ3) is 9.60. The molecule has 0 aromatic heterocycles. The number of carboxylic acid groups (broad SMARTS) is 1. The molecule has 1 aliphatic heterocycles. The van der Waals surface area contributed by atoms with Crippen LogP contribution in [-0.4, -0.2) is 92.5 Å². The zero-order valence-electron chi connectivity index (χ0n) is 23.9. The van der Waals surface area contributed by atoms with Crippen LogP contribution in [0.1, 0.15) is 15.9 Å². The monoisotopic (exact) mass is 610 g/mol. The number of methoxy groups -OCH3 is 1. The van der Waals surface area contributed by atoms with Gasteiger partial charge >= 0.3 is 12.0 Å². The Labute approximate surface area is 255 Å². The molecule has 1 heterocycles. The summed E-state index contributed by atoms with van der Waals surface area (Å²) in [6, 6.07) is 17.8. The summed E-state index contributed by atoms with van der Waals surface area (Å²) < 4.78 is 16.7. The molecule has 43 heavy (non-hydrogen) atoms. The molecule has 3 aromatic rings. The number of urea groups is 1. The zero-order chi connectivity index (χ0) is 30.6. The molecular weight excluding hydrogens is 576 g/mol. The Morgan fingerprint density at radius 2 is 1.70 bits per heavy atom. The predicted molar refractivity (Wildman–Crippen MR) is 164 cm³/mol. The molecular formula is C31H35ClN4O7. The van der Waals surface area contributed by atoms with Crippen LogP contribution in [0.5, 0.6) is 11.5 Å². The molecule has 1 fully saturated rings. The molecule has 0 bridgehead atoms. The van der Waals surface area contributed by atoms with Crippen LogP contribution in [0, 0.1) is 0 Å². The highest BCUT2D eigenvalue weighted by Crippen LogP contribution is 2.27. The number of nitrogens with one attached hydrogen (secondary N) is 2. The first-order chi connectivity index (χ1) is 20.8. The van der Waals surface area contributed by atoms with Crippen LogP contribution >= 0.6 is 11.6 Å². The maximum atomic E-state index is 13.5. The molecule has 12 heteroatoms. The maximum Gasteiger partial charge on any atom is 0.335 e. The molecule has 0 saturated carbocycles. The fraction of sp³-hybridized carbons (Fsp3) is 0.323. The van der Waals surface area contributed by atoms with Gasteiger partial charge in [-0.05, 0) is 54.1 Å². The number of morpholine rings is 1. The van der Waals surface area contributed by atoms with Crippen LogP contribution in [0.25, 0.3) is 0 Å². The molecule has 0 atom stereocenters. The Morgan fingerprint density at radius 3 is 2.40 bits per heavy atom. The number of hydrogen-bond acceptors (Lipinski definition) is 7. The minimum Gasteiger partial charge on any atom is -0.495 e. The van der Waals surface area contributed by atoms with Gasteiger partial charge in [-0.3, -0.25) is 9.69 Å². The number of benzene rings is 3. The number of carbonyl (C=O) groups excluding carboxylic acids is 2. The van der Waals surface area contributed by atoms with Crippen LogP contribution in [-0.2, 0) is 16.0 Å². The Morgan fingerprint density at radius 1 is 0.977 bits per heavy atom. The third-order valence-electron chi connectivity index (χ3n) is 6.87. The summed E-state index contributed by atoms with van der Waals surface area (Å²) in [7, 11) is 1.49. The number of nitrogens with zero attached hydrogens (tertiary/aromatic N) is 2. The van der Waals surface area contributed by atoms with Crippen LogP contribution in [0.15, 0.2) is 66.7 Å². The smallest absolute Gasteiger partial charge is 0.335 e. The number of hydrogen-bond donors (Lipinski definition) is 3. The molecule has 1 saturated heterocycles. The summed E-state index contributed by atoms with van der Waals surface area (Å²) >= 11 is 6.13. The lowest BCUT2D eigenvalue weighted by Crippen LogP contribution is -2.44. The average Bonchev–Trinajstić information content (AvgIpc) is 3.01. The summed E-state index contributed by atoms with van der Waals surface area (Å²) in [5.41, 5.74) is 1.81. The zero-order valence-corrected chi connectivity index (χ0v) is 24.6. The number of halogens is 1. The molecule has 3 aromatic carbocycles. The number of aromatic carboxylic acids is 1. The van der Waals surface area contributed by atoms with Crippen molar-refractivity contribution in [2.75, 3.05) is 70.3 Å². The van der Waals surface area contributed by atoms with Crippen molar-refractivity contribution in [3.05, 3.63) is 82.9 Å². The molecule has 4 rings (SSSR count). The van der Waals surface area contributed by atoms with Gasteiger partial charge in [0.1, 0.15) is 18.1 Å². The first kappa shape index (κ1) is 31.6. The van der Waals surface area contributed by atoms with E-state index in [1.54, 1.807) is 59.5 Å². The van der Waals surface area contributed by atoms with E-state index < -0.39 is 12.0 Å². The van der Waals surface area contributed by atoms with Gasteiger partial charge in [-0.15, -0.1) is 0 Å². The highest BCUT2D eigenvalue weighted by atomic mass is 35.5. The Hall–Kier alpha value is -4.32. The van der Waals surface area contributed by atoms with Crippen molar-refractivity contribution in [2.45, 2.75) is 6.42 Å². The van der Waals surface area contributed by atoms with Crippen molar-refractivity contribution in [1.82, 2.24) is 9.80 Å². The van der Waals surface area contributed by atoms with Gasteiger partial charge in [0.15, 0.2) is 0 Å². The SMILES string of the molecule is COc1cc(CC(=O)N(CCOc2ccc(C(=O)O)cc2)CCN2CCOCC2)ccc1NC(=O)Nc1ccccc1Cl. The second-order valence-electron chi connectivity index (χ2n) is 9.78. The fourth-order valence-electron chi connectivity index (χ4n) is 4.49. The lowest BCUT2D eigenvalue weighted by molar-refractivity contribution is -0.131. The fourth-order valence-corrected chi connectivity index (χ4v) is 4.67. The van der Waals surface area contributed by atoms with Gasteiger partial charge in [0, 0.05) is 26.2 Å². The Bertz CT molecular complexity index is 1400. The largest absolute Gasteiger partial charge is 0.495 e. The normalized spacial score (nSPS) is 13.2. The van der Waals surface area contributed by atoms with E-state index in [0.717, 1.165) is 18.7 Å². The summed E-state index contributed by atoms with van der Waals surface area (Å²) in [5, 5.41) is 15.0. The molecule has 228 valence electrons. The van der Waals surface area contributed by atoms with E-state index in [9.17, 15) is 14.4 Å². The van der Waals surface area contributed by atoms with Crippen molar-refractivity contribution < 1.29 is 33.7 Å². The van der Waals surface area contributed by atoms with Gasteiger partial charge in [0.05, 0.1) is 55.2 Å². The predicted octanol–water partition coefficient (Wildman–Crippen LogP) is 4.47. The van der Waals surface area contributed by atoms with E-state index in [0.29, 0.717) is 60.7 Å². The number of carboxylic acids is 1. The molecule has 3 N–H and O–H groups in total. The maximum absolute atomic E-state index is 13.5. The average molecular weight is 611 g/mol. The lowest BCUT2D eigenvalue weighted by Gasteiger charge is -2.30. The summed E-state index contributed by atoms with van der Waals surface area (Å²) in [4.78, 5) is 41.1. The second-order valence-corrected chi connectivity index (χ2v) is 10.2. The Kier molecular flexibility index (Phi) is 11.6. The van der Waals surface area contributed by atoms with E-state index in [-0.39, 0.29) is 24.5 Å². The molecule has 0 radical (unpaired) electrons. The number of rotatable bonds is 13. The number of ether oxygens (including phenoxy) is 3. The first-order valence-corrected chi connectivity index (χ1v) is 14.2. The van der Waals surface area contributed by atoms with E-state index in [4.69, 9.17) is 30.9 Å². The first-order valence-electron chi connectivity index (χ1n) is 13.9. The lowest BCUT2D eigenvalue weighted by atomic mass is 10.1. The molecule has 3 amide bonds. The highest BCUT2D eigenvalue weighted by molar-refractivity contribution is 6.33. The minimum absolute atomic E-state index is 0.0858. The molecule has 0 unspecified atom stereocenters. The van der Waals surface area contributed by atoms with Crippen molar-refractivity contribution in [3.8, 4) is 11.5 Å². The van der Waals surface area contributed by atoms with E-state index in [1.165, 1.54) is 19.2 Å². The molecule has 0 spiro atoms. The van der Waals surface area contributed by atoms with E-state index >= 15 is 0 Å². The van der Waals surface area contributed by atoms with Gasteiger partial charge in [0.25, 0.3) is 0 Å². The van der Waals surface area contributed by atoms with Gasteiger partial charge in [0.2, 0.25) is 5.91 Å². The van der Waals surface area contributed by atoms with Gasteiger partial charge in [-0.2, -0.15) is 0 Å². The summed E-state index contributed by atoms with van der Waals surface area (Å²) in [6.07, 6.45) is 0.124. The van der Waals surface area contributed by atoms with Gasteiger partial charge in [-0.25, -0.2) is 9.59 Å². The minimum atomic E-state index is -1.01. The highest BCUT2D eigenvalue weighted by Gasteiger charge is 2.19. The second kappa shape index (κ2) is 15.8. The topological polar surface area (TPSA) is 130 Å². The van der Waals surface area contributed by atoms with Crippen LogP contribution in [0.4, 0.5) is 16.2 Å². The van der Waals surface area contributed by atoms with E-state index in [1.807, 2.05) is 0 Å². The van der Waals surface area contributed by atoms with Gasteiger partial charge in [-0.1, -0.05) is 29.8 Å². The molecule has 11 nitrogen and oxygen atoms in total. The number of para-hydroxylation sites is 1. The number of carbonyl (C=O) groups is 3. The van der Waals surface area contributed by atoms with Crippen molar-refractivity contribution in [3.63, 3.8) is 0 Å². The third-order valence-corrected chi connectivity index (χ3v) is 7.19. The van der Waals surface area contributed by atoms with Crippen LogP contribution in [0.2, 0.25) is 5.02 Å². The summed E-state index contributed by atoms with van der Waals surface area (Å²) in [5.74, 6) is -0.158. The van der Waals surface area contributed by atoms with E-state index in [2.05, 4.69) is 15.5 Å². The molecule has 0 aliphatic carbocycles. The molecule has 1 aliphatic rings. The van der Waals surface area contributed by atoms with Crippen molar-refractivity contribution in [2.24, 2.45) is 0 Å². The van der Waals surface area contributed by atoms with Gasteiger partial charge < -0.3 is 34.9 Å². The number of anilines is 2. The van der Waals surface area contributed by atoms with Crippen molar-refractivity contribution >= 4 is 40.9 Å². The van der Waals surface area contributed by atoms with Crippen LogP contribution in [0.3, 0.4) is 0 Å². The standard InChI is InChI=1S/C31H35ClN4O7/c1-41-28-20-22(6-11-27(28)34-31(40)33-26-5-3-2-4-25(26)32)21-29(37)36(13-12-35-14-17-42-18-15-35)16-19-43-24-9-7-23(8-10-24)30(38)39/h2-11,20H,12-19,21H2,1H3,(H,38,39)(H2,33,34,40). The number of amides is 3.